The molecule has 3 aromatic rings. The number of nitrogens with zero attached hydrogens (tertiary/aromatic N) is 2. The number of aromatic nitrogens is 2. The fraction of sp³-hybridized carbons (Fsp3) is 0.353. The van der Waals surface area contributed by atoms with E-state index in [0.29, 0.717) is 6.54 Å². The van der Waals surface area contributed by atoms with Gasteiger partial charge in [-0.15, -0.1) is 0 Å². The van der Waals surface area contributed by atoms with Crippen molar-refractivity contribution in [2.24, 2.45) is 0 Å². The summed E-state index contributed by atoms with van der Waals surface area (Å²) < 4.78 is 11.2. The van der Waals surface area contributed by atoms with Gasteiger partial charge in [-0.3, -0.25) is 10.00 Å². The Kier molecular flexibility index (Phi) is 4.64. The SMILES string of the molecule is Cc1ccc(-c2[nH]ncc2CNCC(c2ccco2)N(C)C)o1. The van der Waals surface area contributed by atoms with Gasteiger partial charge in [0.25, 0.3) is 0 Å². The molecule has 0 aromatic carbocycles. The molecule has 0 radical (unpaired) electrons. The molecule has 0 aliphatic rings. The minimum atomic E-state index is 0.186. The first-order chi connectivity index (χ1) is 11.1. The zero-order chi connectivity index (χ0) is 16.2. The van der Waals surface area contributed by atoms with Gasteiger partial charge in [-0.05, 0) is 45.3 Å². The highest BCUT2D eigenvalue weighted by Gasteiger charge is 2.17. The van der Waals surface area contributed by atoms with Crippen molar-refractivity contribution < 1.29 is 8.83 Å². The molecule has 0 saturated carbocycles. The predicted molar refractivity (Wildman–Crippen MR) is 87.9 cm³/mol. The first kappa shape index (κ1) is 15.6. The fourth-order valence-electron chi connectivity index (χ4n) is 2.59. The van der Waals surface area contributed by atoms with E-state index in [9.17, 15) is 0 Å². The minimum absolute atomic E-state index is 0.186. The maximum atomic E-state index is 5.67. The molecule has 2 N–H and O–H groups in total. The van der Waals surface area contributed by atoms with Crippen molar-refractivity contribution in [1.29, 1.82) is 0 Å². The summed E-state index contributed by atoms with van der Waals surface area (Å²) >= 11 is 0. The molecular weight excluding hydrogens is 292 g/mol. The third-order valence-electron chi connectivity index (χ3n) is 3.85. The highest BCUT2D eigenvalue weighted by Crippen LogP contribution is 2.23. The summed E-state index contributed by atoms with van der Waals surface area (Å²) in [7, 11) is 4.09. The molecule has 0 bridgehead atoms. The maximum absolute atomic E-state index is 5.67. The number of aryl methyl sites for hydroxylation is 1. The van der Waals surface area contributed by atoms with Crippen molar-refractivity contribution >= 4 is 0 Å². The van der Waals surface area contributed by atoms with Crippen molar-refractivity contribution in [3.63, 3.8) is 0 Å². The number of H-pyrrole nitrogens is 1. The molecule has 3 aromatic heterocycles. The van der Waals surface area contributed by atoms with Gasteiger partial charge < -0.3 is 14.2 Å². The van der Waals surface area contributed by atoms with Crippen molar-refractivity contribution in [1.82, 2.24) is 20.4 Å². The smallest absolute Gasteiger partial charge is 0.152 e. The van der Waals surface area contributed by atoms with Gasteiger partial charge in [0.1, 0.15) is 17.2 Å². The van der Waals surface area contributed by atoms with Crippen molar-refractivity contribution in [3.05, 3.63) is 53.8 Å². The number of aromatic amines is 1. The van der Waals surface area contributed by atoms with Gasteiger partial charge in [-0.1, -0.05) is 0 Å². The van der Waals surface area contributed by atoms with E-state index in [4.69, 9.17) is 8.83 Å². The molecule has 6 nitrogen and oxygen atoms in total. The molecule has 122 valence electrons. The van der Waals surface area contributed by atoms with E-state index in [-0.39, 0.29) is 6.04 Å². The van der Waals surface area contributed by atoms with Gasteiger partial charge in [-0.2, -0.15) is 5.10 Å². The minimum Gasteiger partial charge on any atom is -0.468 e. The van der Waals surface area contributed by atoms with Crippen LogP contribution in [0.3, 0.4) is 0 Å². The molecule has 1 atom stereocenters. The second-order valence-corrected chi connectivity index (χ2v) is 5.81. The standard InChI is InChI=1S/C17H22N4O2/c1-12-6-7-16(23-12)17-13(10-19-20-17)9-18-11-14(21(2)3)15-5-4-8-22-15/h4-8,10,14,18H,9,11H2,1-3H3,(H,19,20). The van der Waals surface area contributed by atoms with Crippen molar-refractivity contribution in [2.45, 2.75) is 19.5 Å². The quantitative estimate of drug-likeness (QED) is 0.701. The Morgan fingerprint density at radius 3 is 2.83 bits per heavy atom. The maximum Gasteiger partial charge on any atom is 0.152 e. The van der Waals surface area contributed by atoms with E-state index in [1.54, 1.807) is 6.26 Å². The summed E-state index contributed by atoms with van der Waals surface area (Å²) in [6, 6.07) is 8.01. The van der Waals surface area contributed by atoms with Crippen LogP contribution in [0.1, 0.15) is 23.1 Å². The van der Waals surface area contributed by atoms with E-state index in [1.807, 2.05) is 51.5 Å². The van der Waals surface area contributed by atoms with Crippen LogP contribution < -0.4 is 5.32 Å². The number of hydrogen-bond acceptors (Lipinski definition) is 5. The molecule has 3 heterocycles. The Labute approximate surface area is 135 Å². The Morgan fingerprint density at radius 2 is 2.17 bits per heavy atom. The van der Waals surface area contributed by atoms with E-state index < -0.39 is 0 Å². The second-order valence-electron chi connectivity index (χ2n) is 5.81. The predicted octanol–water partition coefficient (Wildman–Crippen LogP) is 2.96. The lowest BCUT2D eigenvalue weighted by Crippen LogP contribution is -2.30. The first-order valence-electron chi connectivity index (χ1n) is 7.64. The summed E-state index contributed by atoms with van der Waals surface area (Å²) in [5.74, 6) is 2.66. The van der Waals surface area contributed by atoms with Crippen LogP contribution >= 0.6 is 0 Å². The molecule has 0 aliphatic carbocycles. The van der Waals surface area contributed by atoms with Gasteiger partial charge in [-0.25, -0.2) is 0 Å². The lowest BCUT2D eigenvalue weighted by Gasteiger charge is -2.22. The summed E-state index contributed by atoms with van der Waals surface area (Å²) in [6.45, 7) is 3.42. The van der Waals surface area contributed by atoms with Crippen LogP contribution in [0.4, 0.5) is 0 Å². The molecule has 0 amide bonds. The number of furan rings is 2. The van der Waals surface area contributed by atoms with Crippen LogP contribution in [0, 0.1) is 6.92 Å². The van der Waals surface area contributed by atoms with Crippen LogP contribution in [0.2, 0.25) is 0 Å². The Hall–Kier alpha value is -2.31. The molecule has 0 saturated heterocycles. The van der Waals surface area contributed by atoms with Crippen molar-refractivity contribution in [3.8, 4) is 11.5 Å². The zero-order valence-corrected chi connectivity index (χ0v) is 13.7. The highest BCUT2D eigenvalue weighted by molar-refractivity contribution is 5.56. The molecule has 0 spiro atoms. The van der Waals surface area contributed by atoms with Gasteiger partial charge in [0.2, 0.25) is 0 Å². The summed E-state index contributed by atoms with van der Waals surface area (Å²) in [6.07, 6.45) is 3.54. The van der Waals surface area contributed by atoms with Crippen LogP contribution in [0.25, 0.3) is 11.5 Å². The van der Waals surface area contributed by atoms with Crippen LogP contribution in [-0.4, -0.2) is 35.7 Å². The first-order valence-corrected chi connectivity index (χ1v) is 7.64. The largest absolute Gasteiger partial charge is 0.468 e. The molecule has 0 fully saturated rings. The molecule has 1 unspecified atom stereocenters. The molecular formula is C17H22N4O2. The third-order valence-corrected chi connectivity index (χ3v) is 3.85. The van der Waals surface area contributed by atoms with Crippen LogP contribution in [0.15, 0.2) is 45.6 Å². The molecule has 23 heavy (non-hydrogen) atoms. The monoisotopic (exact) mass is 314 g/mol. The summed E-state index contributed by atoms with van der Waals surface area (Å²) in [5, 5.41) is 10.6. The van der Waals surface area contributed by atoms with E-state index in [2.05, 4.69) is 20.4 Å². The molecule has 3 rings (SSSR count). The average molecular weight is 314 g/mol. The van der Waals surface area contributed by atoms with Gasteiger partial charge >= 0.3 is 0 Å². The van der Waals surface area contributed by atoms with E-state index in [0.717, 1.165) is 35.1 Å². The Morgan fingerprint density at radius 1 is 1.30 bits per heavy atom. The molecule has 0 aliphatic heterocycles. The van der Waals surface area contributed by atoms with Gasteiger partial charge in [0.15, 0.2) is 5.76 Å². The highest BCUT2D eigenvalue weighted by atomic mass is 16.3. The average Bonchev–Trinajstić information content (AvgIpc) is 3.24. The number of likely N-dealkylation sites (N-methyl/N-ethyl adjacent to an activating group) is 1. The fourth-order valence-corrected chi connectivity index (χ4v) is 2.59. The number of hydrogen-bond donors (Lipinski definition) is 2. The second kappa shape index (κ2) is 6.85. The van der Waals surface area contributed by atoms with Crippen LogP contribution in [-0.2, 0) is 6.54 Å². The Balaban J connectivity index is 1.64. The third kappa shape index (κ3) is 3.55. The molecule has 6 heteroatoms. The van der Waals surface area contributed by atoms with Gasteiger partial charge in [0.05, 0.1) is 18.5 Å². The van der Waals surface area contributed by atoms with E-state index >= 15 is 0 Å². The Bertz CT molecular complexity index is 727. The summed E-state index contributed by atoms with van der Waals surface area (Å²) in [5.41, 5.74) is 2.00. The lowest BCUT2D eigenvalue weighted by atomic mass is 10.2. The number of rotatable bonds is 7. The summed E-state index contributed by atoms with van der Waals surface area (Å²) in [4.78, 5) is 2.14. The van der Waals surface area contributed by atoms with E-state index in [1.165, 1.54) is 0 Å². The van der Waals surface area contributed by atoms with Crippen LogP contribution in [0.5, 0.6) is 0 Å². The number of nitrogens with one attached hydrogen (secondary N) is 2. The topological polar surface area (TPSA) is 70.2 Å². The normalized spacial score (nSPS) is 12.9. The van der Waals surface area contributed by atoms with Crippen molar-refractivity contribution in [2.75, 3.05) is 20.6 Å². The zero-order valence-electron chi connectivity index (χ0n) is 13.7. The van der Waals surface area contributed by atoms with Gasteiger partial charge in [0, 0.05) is 18.7 Å². The lowest BCUT2D eigenvalue weighted by molar-refractivity contribution is 0.250.